The van der Waals surface area contributed by atoms with Crippen LogP contribution in [0.2, 0.25) is 0 Å². The second kappa shape index (κ2) is 4.02. The van der Waals surface area contributed by atoms with Gasteiger partial charge in [-0.25, -0.2) is 13.8 Å². The lowest BCUT2D eigenvalue weighted by Gasteiger charge is -1.99. The van der Waals surface area contributed by atoms with E-state index in [1.807, 2.05) is 0 Å². The first-order valence-corrected chi connectivity index (χ1v) is 4.74. The largest absolute Gasteiger partial charge is 0.439 e. The van der Waals surface area contributed by atoms with Crippen molar-refractivity contribution in [2.24, 2.45) is 5.73 Å². The molecular weight excluding hydrogens is 214 g/mol. The molecule has 0 aliphatic carbocycles. The van der Waals surface area contributed by atoms with Gasteiger partial charge in [-0.1, -0.05) is 0 Å². The van der Waals surface area contributed by atoms with Crippen LogP contribution in [0.1, 0.15) is 18.9 Å². The number of hydrogen-bond donors (Lipinski definition) is 1. The Balaban J connectivity index is 2.42. The molecule has 0 radical (unpaired) electrons. The monoisotopic (exact) mass is 224 g/mol. The van der Waals surface area contributed by atoms with Gasteiger partial charge in [-0.3, -0.25) is 0 Å². The average molecular weight is 224 g/mol. The molecule has 3 nitrogen and oxygen atoms in total. The third-order valence-electron chi connectivity index (χ3n) is 2.06. The number of halogens is 2. The third-order valence-corrected chi connectivity index (χ3v) is 2.06. The molecule has 16 heavy (non-hydrogen) atoms. The predicted molar refractivity (Wildman–Crippen MR) is 54.5 cm³/mol. The lowest BCUT2D eigenvalue weighted by molar-refractivity contribution is 0.473. The molecule has 1 aromatic carbocycles. The molecule has 0 aliphatic heterocycles. The lowest BCUT2D eigenvalue weighted by Crippen LogP contribution is -2.04. The summed E-state index contributed by atoms with van der Waals surface area (Å²) in [7, 11) is 0. The Morgan fingerprint density at radius 3 is 2.38 bits per heavy atom. The van der Waals surface area contributed by atoms with Gasteiger partial charge in [0.15, 0.2) is 5.76 Å². The molecule has 0 saturated heterocycles. The average Bonchev–Trinajstić information content (AvgIpc) is 2.64. The van der Waals surface area contributed by atoms with Crippen molar-refractivity contribution in [2.45, 2.75) is 13.0 Å². The summed E-state index contributed by atoms with van der Waals surface area (Å²) in [6.07, 6.45) is 1.40. The molecular formula is C11H10F2N2O. The van der Waals surface area contributed by atoms with E-state index in [9.17, 15) is 8.78 Å². The molecule has 0 bridgehead atoms. The van der Waals surface area contributed by atoms with Crippen LogP contribution in [-0.4, -0.2) is 4.98 Å². The number of aromatic nitrogens is 1. The first kappa shape index (κ1) is 10.8. The van der Waals surface area contributed by atoms with Crippen molar-refractivity contribution >= 4 is 0 Å². The van der Waals surface area contributed by atoms with Crippen LogP contribution in [-0.2, 0) is 0 Å². The van der Waals surface area contributed by atoms with Gasteiger partial charge in [0.1, 0.15) is 11.6 Å². The van der Waals surface area contributed by atoms with Crippen molar-refractivity contribution in [1.29, 1.82) is 0 Å². The highest BCUT2D eigenvalue weighted by molar-refractivity contribution is 5.56. The van der Waals surface area contributed by atoms with Gasteiger partial charge in [0, 0.05) is 11.6 Å². The lowest BCUT2D eigenvalue weighted by atomic mass is 10.2. The number of oxazole rings is 1. The van der Waals surface area contributed by atoms with Crippen LogP contribution >= 0.6 is 0 Å². The van der Waals surface area contributed by atoms with Crippen LogP contribution in [0.25, 0.3) is 11.3 Å². The van der Waals surface area contributed by atoms with E-state index < -0.39 is 11.6 Å². The number of hydrogen-bond acceptors (Lipinski definition) is 3. The van der Waals surface area contributed by atoms with Crippen molar-refractivity contribution in [1.82, 2.24) is 4.98 Å². The summed E-state index contributed by atoms with van der Waals surface area (Å²) in [4.78, 5) is 3.91. The second-order valence-electron chi connectivity index (χ2n) is 3.51. The Hall–Kier alpha value is -1.75. The quantitative estimate of drug-likeness (QED) is 0.853. The zero-order valence-electron chi connectivity index (χ0n) is 8.58. The number of rotatable bonds is 2. The van der Waals surface area contributed by atoms with E-state index in [0.29, 0.717) is 17.2 Å². The van der Waals surface area contributed by atoms with Gasteiger partial charge in [-0.2, -0.15) is 0 Å². The van der Waals surface area contributed by atoms with Crippen molar-refractivity contribution in [3.8, 4) is 11.3 Å². The Kier molecular flexibility index (Phi) is 2.70. The van der Waals surface area contributed by atoms with Crippen molar-refractivity contribution in [3.05, 3.63) is 41.9 Å². The SMILES string of the molecule is CC(N)c1ncc(-c2cc(F)cc(F)c2)o1. The molecule has 0 saturated carbocycles. The van der Waals surface area contributed by atoms with E-state index >= 15 is 0 Å². The minimum atomic E-state index is -0.659. The Morgan fingerprint density at radius 2 is 1.88 bits per heavy atom. The van der Waals surface area contributed by atoms with E-state index in [4.69, 9.17) is 10.2 Å². The smallest absolute Gasteiger partial charge is 0.211 e. The minimum absolute atomic E-state index is 0.297. The Morgan fingerprint density at radius 1 is 1.25 bits per heavy atom. The molecule has 2 rings (SSSR count). The topological polar surface area (TPSA) is 52.0 Å². The van der Waals surface area contributed by atoms with Crippen molar-refractivity contribution < 1.29 is 13.2 Å². The third kappa shape index (κ3) is 2.09. The van der Waals surface area contributed by atoms with E-state index in [-0.39, 0.29) is 6.04 Å². The fourth-order valence-corrected chi connectivity index (χ4v) is 1.33. The molecule has 5 heteroatoms. The molecule has 1 heterocycles. The number of benzene rings is 1. The van der Waals surface area contributed by atoms with E-state index in [1.54, 1.807) is 6.92 Å². The van der Waals surface area contributed by atoms with Crippen molar-refractivity contribution in [3.63, 3.8) is 0 Å². The summed E-state index contributed by atoms with van der Waals surface area (Å²) in [5.41, 5.74) is 5.86. The van der Waals surface area contributed by atoms with Gasteiger partial charge in [0.05, 0.1) is 12.2 Å². The van der Waals surface area contributed by atoms with Gasteiger partial charge >= 0.3 is 0 Å². The zero-order chi connectivity index (χ0) is 11.7. The van der Waals surface area contributed by atoms with Crippen LogP contribution in [0, 0.1) is 11.6 Å². The van der Waals surface area contributed by atoms with Gasteiger partial charge in [-0.05, 0) is 19.1 Å². The molecule has 1 atom stereocenters. The maximum Gasteiger partial charge on any atom is 0.211 e. The molecule has 2 aromatic rings. The summed E-state index contributed by atoms with van der Waals surface area (Å²) in [5.74, 6) is -0.687. The summed E-state index contributed by atoms with van der Waals surface area (Å²) < 4.78 is 31.2. The van der Waals surface area contributed by atoms with Crippen LogP contribution in [0.3, 0.4) is 0 Å². The first-order chi connectivity index (χ1) is 7.56. The molecule has 1 unspecified atom stereocenters. The fraction of sp³-hybridized carbons (Fsp3) is 0.182. The molecule has 2 N–H and O–H groups in total. The second-order valence-corrected chi connectivity index (χ2v) is 3.51. The molecule has 0 fully saturated rings. The van der Waals surface area contributed by atoms with Gasteiger partial charge in [-0.15, -0.1) is 0 Å². The summed E-state index contributed by atoms with van der Waals surface area (Å²) >= 11 is 0. The van der Waals surface area contributed by atoms with Crippen LogP contribution in [0.15, 0.2) is 28.8 Å². The first-order valence-electron chi connectivity index (χ1n) is 4.74. The van der Waals surface area contributed by atoms with E-state index in [1.165, 1.54) is 18.3 Å². The van der Waals surface area contributed by atoms with Crippen LogP contribution < -0.4 is 5.73 Å². The van der Waals surface area contributed by atoms with Crippen LogP contribution in [0.5, 0.6) is 0 Å². The van der Waals surface area contributed by atoms with E-state index in [0.717, 1.165) is 6.07 Å². The highest BCUT2D eigenvalue weighted by atomic mass is 19.1. The predicted octanol–water partition coefficient (Wildman–Crippen LogP) is 2.64. The maximum atomic E-state index is 13.0. The number of nitrogens with two attached hydrogens (primary N) is 1. The van der Waals surface area contributed by atoms with Crippen molar-refractivity contribution in [2.75, 3.05) is 0 Å². The van der Waals surface area contributed by atoms with Gasteiger partial charge in [0.2, 0.25) is 5.89 Å². The highest BCUT2D eigenvalue weighted by Crippen LogP contribution is 2.23. The van der Waals surface area contributed by atoms with Gasteiger partial charge < -0.3 is 10.2 Å². The molecule has 0 aliphatic rings. The number of nitrogens with zero attached hydrogens (tertiary/aromatic N) is 1. The van der Waals surface area contributed by atoms with Crippen LogP contribution in [0.4, 0.5) is 8.78 Å². The molecule has 0 spiro atoms. The Bertz CT molecular complexity index is 488. The zero-order valence-corrected chi connectivity index (χ0v) is 8.58. The Labute approximate surface area is 90.9 Å². The fourth-order valence-electron chi connectivity index (χ4n) is 1.33. The van der Waals surface area contributed by atoms with Gasteiger partial charge in [0.25, 0.3) is 0 Å². The summed E-state index contributed by atoms with van der Waals surface area (Å²) in [6.45, 7) is 1.71. The van der Waals surface area contributed by atoms with E-state index in [2.05, 4.69) is 4.98 Å². The minimum Gasteiger partial charge on any atom is -0.439 e. The highest BCUT2D eigenvalue weighted by Gasteiger charge is 2.11. The maximum absolute atomic E-state index is 13.0. The summed E-state index contributed by atoms with van der Waals surface area (Å²) in [6, 6.07) is 2.79. The summed E-state index contributed by atoms with van der Waals surface area (Å²) in [5, 5.41) is 0. The normalized spacial score (nSPS) is 12.8. The molecule has 0 amide bonds. The molecule has 84 valence electrons. The standard InChI is InChI=1S/C11H10F2N2O/c1-6(14)11-15-5-10(16-11)7-2-8(12)4-9(13)3-7/h2-6H,14H2,1H3. The molecule has 1 aromatic heterocycles.